The molecule has 18 heavy (non-hydrogen) atoms. The van der Waals surface area contributed by atoms with Crippen LogP contribution in [0.15, 0.2) is 12.1 Å². The van der Waals surface area contributed by atoms with Gasteiger partial charge in [-0.15, -0.1) is 0 Å². The number of halogens is 1. The van der Waals surface area contributed by atoms with Crippen molar-refractivity contribution < 1.29 is 14.7 Å². The Morgan fingerprint density at radius 3 is 2.50 bits per heavy atom. The molecule has 0 fully saturated rings. The van der Waals surface area contributed by atoms with E-state index in [4.69, 9.17) is 16.7 Å². The molecule has 0 aromatic heterocycles. The first-order valence-electron chi connectivity index (χ1n) is 5.60. The fourth-order valence-corrected chi connectivity index (χ4v) is 2.04. The Morgan fingerprint density at radius 2 is 2.00 bits per heavy atom. The molecule has 1 rings (SSSR count). The zero-order valence-electron chi connectivity index (χ0n) is 10.6. The van der Waals surface area contributed by atoms with Crippen LogP contribution in [0.5, 0.6) is 0 Å². The summed E-state index contributed by atoms with van der Waals surface area (Å²) >= 11 is 6.06. The normalized spacial score (nSPS) is 12.0. The van der Waals surface area contributed by atoms with E-state index >= 15 is 0 Å². The Morgan fingerprint density at radius 1 is 1.39 bits per heavy atom. The van der Waals surface area contributed by atoms with Crippen LogP contribution in [-0.4, -0.2) is 17.0 Å². The highest BCUT2D eigenvalue weighted by atomic mass is 35.5. The van der Waals surface area contributed by atoms with Gasteiger partial charge in [-0.1, -0.05) is 24.6 Å². The summed E-state index contributed by atoms with van der Waals surface area (Å²) in [6.45, 7) is 5.33. The van der Waals surface area contributed by atoms with Gasteiger partial charge in [-0.05, 0) is 31.0 Å². The molecular formula is C13H16ClNO3. The van der Waals surface area contributed by atoms with Crippen LogP contribution in [0, 0.1) is 19.8 Å². The van der Waals surface area contributed by atoms with Gasteiger partial charge in [0, 0.05) is 5.92 Å². The molecule has 0 bridgehead atoms. The molecule has 0 aliphatic carbocycles. The molecule has 0 aliphatic rings. The Labute approximate surface area is 111 Å². The second-order valence-corrected chi connectivity index (χ2v) is 4.83. The second kappa shape index (κ2) is 5.87. The molecule has 1 atom stereocenters. The van der Waals surface area contributed by atoms with E-state index in [-0.39, 0.29) is 12.3 Å². The number of carbonyl (C=O) groups excluding carboxylic acids is 1. The SMILES string of the molecule is Cc1cc(C)c(NC(=O)C(C)CC(=O)O)c(Cl)c1. The Bertz CT molecular complexity index is 462. The average Bonchev–Trinajstić information content (AvgIpc) is 2.21. The van der Waals surface area contributed by atoms with Gasteiger partial charge in [0.1, 0.15) is 0 Å². The minimum Gasteiger partial charge on any atom is -0.481 e. The Balaban J connectivity index is 2.85. The van der Waals surface area contributed by atoms with Crippen molar-refractivity contribution in [3.8, 4) is 0 Å². The molecule has 1 aromatic rings. The summed E-state index contributed by atoms with van der Waals surface area (Å²) in [5, 5.41) is 11.8. The number of hydrogen-bond donors (Lipinski definition) is 2. The average molecular weight is 270 g/mol. The second-order valence-electron chi connectivity index (χ2n) is 4.43. The maximum Gasteiger partial charge on any atom is 0.304 e. The van der Waals surface area contributed by atoms with Gasteiger partial charge >= 0.3 is 5.97 Å². The van der Waals surface area contributed by atoms with E-state index < -0.39 is 11.9 Å². The molecule has 1 aromatic carbocycles. The van der Waals surface area contributed by atoms with Gasteiger partial charge in [-0.25, -0.2) is 0 Å². The fourth-order valence-electron chi connectivity index (χ4n) is 1.68. The number of rotatable bonds is 4. The summed E-state index contributed by atoms with van der Waals surface area (Å²) in [7, 11) is 0. The van der Waals surface area contributed by atoms with E-state index in [0.29, 0.717) is 10.7 Å². The summed E-state index contributed by atoms with van der Waals surface area (Å²) in [4.78, 5) is 22.3. The molecule has 2 N–H and O–H groups in total. The van der Waals surface area contributed by atoms with Crippen LogP contribution >= 0.6 is 11.6 Å². The van der Waals surface area contributed by atoms with Crippen LogP contribution in [0.4, 0.5) is 5.69 Å². The van der Waals surface area contributed by atoms with Crippen LogP contribution in [0.3, 0.4) is 0 Å². The Kier molecular flexibility index (Phi) is 4.73. The number of amides is 1. The van der Waals surface area contributed by atoms with Gasteiger partial charge in [-0.3, -0.25) is 9.59 Å². The number of aryl methyl sites for hydroxylation is 2. The predicted octanol–water partition coefficient (Wildman–Crippen LogP) is 3.01. The van der Waals surface area contributed by atoms with Crippen molar-refractivity contribution in [2.75, 3.05) is 5.32 Å². The predicted molar refractivity (Wildman–Crippen MR) is 71.0 cm³/mol. The van der Waals surface area contributed by atoms with Crippen molar-refractivity contribution in [1.29, 1.82) is 0 Å². The number of carboxylic acids is 1. The first-order valence-corrected chi connectivity index (χ1v) is 5.98. The van der Waals surface area contributed by atoms with Crippen LogP contribution in [0.25, 0.3) is 0 Å². The highest BCUT2D eigenvalue weighted by molar-refractivity contribution is 6.34. The van der Waals surface area contributed by atoms with E-state index in [2.05, 4.69) is 5.32 Å². The molecule has 5 heteroatoms. The molecule has 1 amide bonds. The number of nitrogens with one attached hydrogen (secondary N) is 1. The molecule has 0 aliphatic heterocycles. The number of carbonyl (C=O) groups is 2. The minimum atomic E-state index is -0.996. The van der Waals surface area contributed by atoms with E-state index in [9.17, 15) is 9.59 Å². The number of aliphatic carboxylic acids is 1. The summed E-state index contributed by atoms with van der Waals surface area (Å²) in [6.07, 6.45) is -0.200. The number of carboxylic acid groups (broad SMARTS) is 1. The maximum atomic E-state index is 11.8. The standard InChI is InChI=1S/C13H16ClNO3/c1-7-4-8(2)12(10(14)5-7)15-13(18)9(3)6-11(16)17/h4-5,9H,6H2,1-3H3,(H,15,18)(H,16,17). The molecule has 0 saturated heterocycles. The summed E-state index contributed by atoms with van der Waals surface area (Å²) in [6, 6.07) is 3.66. The van der Waals surface area contributed by atoms with E-state index in [1.165, 1.54) is 0 Å². The lowest BCUT2D eigenvalue weighted by Gasteiger charge is -2.14. The molecule has 0 heterocycles. The third kappa shape index (κ3) is 3.74. The van der Waals surface area contributed by atoms with Crippen LogP contribution in [0.1, 0.15) is 24.5 Å². The monoisotopic (exact) mass is 269 g/mol. The van der Waals surface area contributed by atoms with Gasteiger partial charge < -0.3 is 10.4 Å². The van der Waals surface area contributed by atoms with Gasteiger partial charge in [0.2, 0.25) is 5.91 Å². The molecule has 0 radical (unpaired) electrons. The first kappa shape index (κ1) is 14.5. The molecule has 0 spiro atoms. The minimum absolute atomic E-state index is 0.200. The van der Waals surface area contributed by atoms with Gasteiger partial charge in [0.15, 0.2) is 0 Å². The Hall–Kier alpha value is -1.55. The van der Waals surface area contributed by atoms with Crippen LogP contribution < -0.4 is 5.32 Å². The van der Waals surface area contributed by atoms with Crippen molar-refractivity contribution in [3.05, 3.63) is 28.3 Å². The quantitative estimate of drug-likeness (QED) is 0.883. The zero-order valence-corrected chi connectivity index (χ0v) is 11.3. The lowest BCUT2D eigenvalue weighted by atomic mass is 10.1. The number of anilines is 1. The number of benzene rings is 1. The lowest BCUT2D eigenvalue weighted by Crippen LogP contribution is -2.23. The van der Waals surface area contributed by atoms with Crippen molar-refractivity contribution in [3.63, 3.8) is 0 Å². The van der Waals surface area contributed by atoms with E-state index in [1.54, 1.807) is 13.0 Å². The maximum absolute atomic E-state index is 11.8. The van der Waals surface area contributed by atoms with Gasteiger partial charge in [0.25, 0.3) is 0 Å². The largest absolute Gasteiger partial charge is 0.481 e. The molecule has 4 nitrogen and oxygen atoms in total. The summed E-state index contributed by atoms with van der Waals surface area (Å²) in [5.74, 6) is -1.94. The molecular weight excluding hydrogens is 254 g/mol. The summed E-state index contributed by atoms with van der Waals surface area (Å²) < 4.78 is 0. The third-order valence-electron chi connectivity index (χ3n) is 2.61. The highest BCUT2D eigenvalue weighted by Crippen LogP contribution is 2.27. The lowest BCUT2D eigenvalue weighted by molar-refractivity contribution is -0.139. The summed E-state index contributed by atoms with van der Waals surface area (Å²) in [5.41, 5.74) is 2.41. The van der Waals surface area contributed by atoms with Crippen LogP contribution in [-0.2, 0) is 9.59 Å². The van der Waals surface area contributed by atoms with Crippen molar-refractivity contribution in [2.24, 2.45) is 5.92 Å². The fraction of sp³-hybridized carbons (Fsp3) is 0.385. The molecule has 98 valence electrons. The zero-order chi connectivity index (χ0) is 13.9. The third-order valence-corrected chi connectivity index (χ3v) is 2.91. The van der Waals surface area contributed by atoms with Gasteiger partial charge in [0.05, 0.1) is 17.1 Å². The van der Waals surface area contributed by atoms with Crippen LogP contribution in [0.2, 0.25) is 5.02 Å². The number of hydrogen-bond acceptors (Lipinski definition) is 2. The molecule has 1 unspecified atom stereocenters. The first-order chi connectivity index (χ1) is 8.31. The molecule has 0 saturated carbocycles. The van der Waals surface area contributed by atoms with Crippen molar-refractivity contribution >= 4 is 29.2 Å². The highest BCUT2D eigenvalue weighted by Gasteiger charge is 2.18. The topological polar surface area (TPSA) is 66.4 Å². The van der Waals surface area contributed by atoms with E-state index in [1.807, 2.05) is 19.9 Å². The van der Waals surface area contributed by atoms with E-state index in [0.717, 1.165) is 11.1 Å². The van der Waals surface area contributed by atoms with Crippen molar-refractivity contribution in [1.82, 2.24) is 0 Å². The van der Waals surface area contributed by atoms with Gasteiger partial charge in [-0.2, -0.15) is 0 Å². The van der Waals surface area contributed by atoms with Crippen molar-refractivity contribution in [2.45, 2.75) is 27.2 Å². The smallest absolute Gasteiger partial charge is 0.304 e.